The number of hydrogen-bond donors (Lipinski definition) is 3. The zero-order valence-corrected chi connectivity index (χ0v) is 14.0. The highest BCUT2D eigenvalue weighted by molar-refractivity contribution is 6.09. The first-order valence-corrected chi connectivity index (χ1v) is 7.98. The number of aromatic nitrogens is 1. The Balaban J connectivity index is 1.91. The fourth-order valence-corrected chi connectivity index (χ4v) is 2.73. The third-order valence-electron chi connectivity index (χ3n) is 4.03. The summed E-state index contributed by atoms with van der Waals surface area (Å²) in [6.07, 6.45) is 3.54. The van der Waals surface area contributed by atoms with Crippen molar-refractivity contribution in [2.45, 2.75) is 13.3 Å². The van der Waals surface area contributed by atoms with Crippen molar-refractivity contribution in [2.24, 2.45) is 11.0 Å². The van der Waals surface area contributed by atoms with Crippen molar-refractivity contribution in [2.75, 3.05) is 17.7 Å². The van der Waals surface area contributed by atoms with Crippen molar-refractivity contribution in [3.05, 3.63) is 53.9 Å². The normalized spacial score (nSPS) is 16.6. The van der Waals surface area contributed by atoms with Crippen LogP contribution in [0.15, 0.2) is 47.8 Å². The summed E-state index contributed by atoms with van der Waals surface area (Å²) in [6.45, 7) is 1.96. The molecule has 2 heterocycles. The molecular formula is C18H19N5O2. The summed E-state index contributed by atoms with van der Waals surface area (Å²) in [5, 5.41) is 10.1. The van der Waals surface area contributed by atoms with Crippen molar-refractivity contribution in [1.82, 2.24) is 10.4 Å². The lowest BCUT2D eigenvalue weighted by atomic mass is 9.93. The van der Waals surface area contributed by atoms with Crippen LogP contribution in [0, 0.1) is 5.92 Å². The molecule has 1 aliphatic rings. The number of benzene rings is 1. The number of hydrogen-bond acceptors (Lipinski definition) is 5. The molecule has 128 valence electrons. The summed E-state index contributed by atoms with van der Waals surface area (Å²) in [7, 11) is 1.79. The van der Waals surface area contributed by atoms with Crippen LogP contribution in [0.5, 0.6) is 0 Å². The van der Waals surface area contributed by atoms with Gasteiger partial charge in [0, 0.05) is 42.9 Å². The molecule has 0 saturated carbocycles. The fourth-order valence-electron chi connectivity index (χ4n) is 2.73. The molecule has 1 atom stereocenters. The molecule has 3 N–H and O–H groups in total. The zero-order chi connectivity index (χ0) is 17.8. The van der Waals surface area contributed by atoms with Gasteiger partial charge in [-0.1, -0.05) is 13.0 Å². The van der Waals surface area contributed by atoms with Crippen LogP contribution in [-0.4, -0.2) is 29.6 Å². The van der Waals surface area contributed by atoms with E-state index in [0.717, 1.165) is 17.0 Å². The van der Waals surface area contributed by atoms with E-state index in [0.29, 0.717) is 17.7 Å². The Morgan fingerprint density at radius 1 is 1.20 bits per heavy atom. The molecule has 7 heteroatoms. The van der Waals surface area contributed by atoms with Gasteiger partial charge in [0.05, 0.1) is 17.1 Å². The second-order valence-electron chi connectivity index (χ2n) is 5.84. The van der Waals surface area contributed by atoms with Gasteiger partial charge in [-0.15, -0.1) is 0 Å². The maximum absolute atomic E-state index is 12.4. The monoisotopic (exact) mass is 337 g/mol. The summed E-state index contributed by atoms with van der Waals surface area (Å²) in [6, 6.07) is 8.96. The van der Waals surface area contributed by atoms with Crippen LogP contribution in [0.4, 0.5) is 11.4 Å². The van der Waals surface area contributed by atoms with Gasteiger partial charge in [-0.2, -0.15) is 5.10 Å². The summed E-state index contributed by atoms with van der Waals surface area (Å²) in [5.41, 5.74) is 6.13. The van der Waals surface area contributed by atoms with E-state index in [1.807, 2.05) is 25.1 Å². The first kappa shape index (κ1) is 16.6. The average molecular weight is 337 g/mol. The molecule has 2 amide bonds. The molecular weight excluding hydrogens is 318 g/mol. The van der Waals surface area contributed by atoms with E-state index in [-0.39, 0.29) is 17.7 Å². The van der Waals surface area contributed by atoms with Crippen LogP contribution in [0.3, 0.4) is 0 Å². The number of nitrogens with zero attached hydrogens (tertiary/aromatic N) is 2. The van der Waals surface area contributed by atoms with E-state index in [4.69, 9.17) is 0 Å². The Hall–Kier alpha value is -3.22. The maximum atomic E-state index is 12.4. The van der Waals surface area contributed by atoms with E-state index in [1.54, 1.807) is 31.6 Å². The van der Waals surface area contributed by atoms with Crippen LogP contribution in [0.25, 0.3) is 0 Å². The number of nitrogens with one attached hydrogen (secondary N) is 3. The second kappa shape index (κ2) is 7.12. The Bertz CT molecular complexity index is 833. The lowest BCUT2D eigenvalue weighted by Gasteiger charge is -2.20. The maximum Gasteiger partial charge on any atom is 0.255 e. The third kappa shape index (κ3) is 3.65. The molecule has 1 unspecified atom stereocenters. The lowest BCUT2D eigenvalue weighted by molar-refractivity contribution is -0.121. The average Bonchev–Trinajstić information content (AvgIpc) is 2.62. The Morgan fingerprint density at radius 3 is 2.64 bits per heavy atom. The Kier molecular flexibility index (Phi) is 4.74. The fraction of sp³-hybridized carbons (Fsp3) is 0.222. The molecule has 2 aromatic rings. The highest BCUT2D eigenvalue weighted by Gasteiger charge is 2.22. The molecule has 0 fully saturated rings. The van der Waals surface area contributed by atoms with Crippen molar-refractivity contribution < 1.29 is 9.59 Å². The zero-order valence-electron chi connectivity index (χ0n) is 14.0. The largest absolute Gasteiger partial charge is 0.386 e. The quantitative estimate of drug-likeness (QED) is 0.797. The molecule has 0 radical (unpaired) electrons. The molecule has 1 aromatic carbocycles. The molecule has 0 spiro atoms. The summed E-state index contributed by atoms with van der Waals surface area (Å²) >= 11 is 0. The number of pyridine rings is 1. The molecule has 0 bridgehead atoms. The van der Waals surface area contributed by atoms with Crippen LogP contribution in [0.2, 0.25) is 0 Å². The van der Waals surface area contributed by atoms with Crippen LogP contribution in [-0.2, 0) is 4.79 Å². The van der Waals surface area contributed by atoms with Gasteiger partial charge in [-0.25, -0.2) is 5.43 Å². The van der Waals surface area contributed by atoms with Crippen molar-refractivity contribution in [3.8, 4) is 0 Å². The molecule has 1 aliphatic heterocycles. The van der Waals surface area contributed by atoms with Crippen LogP contribution < -0.4 is 16.1 Å². The molecule has 0 saturated heterocycles. The minimum Gasteiger partial charge on any atom is -0.386 e. The molecule has 1 aromatic heterocycles. The first-order valence-electron chi connectivity index (χ1n) is 7.98. The van der Waals surface area contributed by atoms with E-state index >= 15 is 0 Å². The number of amides is 2. The van der Waals surface area contributed by atoms with Gasteiger partial charge in [0.2, 0.25) is 5.91 Å². The van der Waals surface area contributed by atoms with E-state index < -0.39 is 0 Å². The molecule has 25 heavy (non-hydrogen) atoms. The molecule has 3 rings (SSSR count). The number of carbonyl (C=O) groups is 2. The van der Waals surface area contributed by atoms with E-state index in [2.05, 4.69) is 26.1 Å². The number of rotatable bonds is 4. The van der Waals surface area contributed by atoms with Gasteiger partial charge < -0.3 is 10.6 Å². The van der Waals surface area contributed by atoms with Crippen molar-refractivity contribution in [3.63, 3.8) is 0 Å². The van der Waals surface area contributed by atoms with Gasteiger partial charge in [0.1, 0.15) is 0 Å². The molecule has 0 aliphatic carbocycles. The topological polar surface area (TPSA) is 95.5 Å². The van der Waals surface area contributed by atoms with Gasteiger partial charge >= 0.3 is 0 Å². The van der Waals surface area contributed by atoms with Gasteiger partial charge in [-0.3, -0.25) is 14.6 Å². The number of anilines is 2. The van der Waals surface area contributed by atoms with Crippen LogP contribution in [0.1, 0.15) is 29.3 Å². The minimum atomic E-state index is -0.219. The number of carbonyl (C=O) groups excluding carboxylic acids is 2. The van der Waals surface area contributed by atoms with Crippen molar-refractivity contribution >= 4 is 28.9 Å². The predicted molar refractivity (Wildman–Crippen MR) is 96.6 cm³/mol. The van der Waals surface area contributed by atoms with Gasteiger partial charge in [0.15, 0.2) is 0 Å². The van der Waals surface area contributed by atoms with Gasteiger partial charge in [-0.05, 0) is 24.3 Å². The van der Waals surface area contributed by atoms with E-state index in [1.165, 1.54) is 0 Å². The SMILES string of the molecule is CNc1ccc(C2=NNC(=O)CC2C)cc1NC(=O)c1ccncc1. The van der Waals surface area contributed by atoms with Crippen LogP contribution >= 0.6 is 0 Å². The second-order valence-corrected chi connectivity index (χ2v) is 5.84. The van der Waals surface area contributed by atoms with Gasteiger partial charge in [0.25, 0.3) is 5.91 Å². The standard InChI is InChI=1S/C18H19N5O2/c1-11-9-16(24)22-23-17(11)13-3-4-14(19-2)15(10-13)21-18(25)12-5-7-20-8-6-12/h3-8,10-11,19H,9H2,1-2H3,(H,21,25)(H,22,24). The summed E-state index contributed by atoms with van der Waals surface area (Å²) < 4.78 is 0. The summed E-state index contributed by atoms with van der Waals surface area (Å²) in [4.78, 5) is 27.8. The minimum absolute atomic E-state index is 0.0120. The Labute approximate surface area is 145 Å². The predicted octanol–water partition coefficient (Wildman–Crippen LogP) is 2.24. The van der Waals surface area contributed by atoms with E-state index in [9.17, 15) is 9.59 Å². The van der Waals surface area contributed by atoms with Crippen molar-refractivity contribution in [1.29, 1.82) is 0 Å². The highest BCUT2D eigenvalue weighted by atomic mass is 16.2. The molecule has 7 nitrogen and oxygen atoms in total. The summed E-state index contributed by atoms with van der Waals surface area (Å²) in [5.74, 6) is -0.296. The Morgan fingerprint density at radius 2 is 1.96 bits per heavy atom. The third-order valence-corrected chi connectivity index (χ3v) is 4.03. The number of hydrazone groups is 1. The smallest absolute Gasteiger partial charge is 0.255 e. The first-order chi connectivity index (χ1) is 12.1. The lowest BCUT2D eigenvalue weighted by Crippen LogP contribution is -2.32. The highest BCUT2D eigenvalue weighted by Crippen LogP contribution is 2.26.